The van der Waals surface area contributed by atoms with Crippen LogP contribution in [0.25, 0.3) is 11.3 Å². The summed E-state index contributed by atoms with van der Waals surface area (Å²) in [7, 11) is 0. The molecule has 0 radical (unpaired) electrons. The Hall–Kier alpha value is -2.18. The fraction of sp³-hybridized carbons (Fsp3) is 0.450. The number of likely N-dealkylation sites (tertiary alicyclic amines) is 1. The van der Waals surface area contributed by atoms with Gasteiger partial charge in [-0.1, -0.05) is 11.6 Å². The van der Waals surface area contributed by atoms with E-state index >= 15 is 0 Å². The predicted octanol–water partition coefficient (Wildman–Crippen LogP) is 3.91. The van der Waals surface area contributed by atoms with Crippen molar-refractivity contribution < 1.29 is 4.42 Å². The van der Waals surface area contributed by atoms with Crippen molar-refractivity contribution in [3.63, 3.8) is 0 Å². The molecule has 3 aromatic rings. The third kappa shape index (κ3) is 3.39. The van der Waals surface area contributed by atoms with Crippen LogP contribution in [0.1, 0.15) is 42.7 Å². The molecule has 0 bridgehead atoms. The van der Waals surface area contributed by atoms with Gasteiger partial charge in [0.25, 0.3) is 0 Å². The predicted molar refractivity (Wildman–Crippen MR) is 103 cm³/mol. The highest BCUT2D eigenvalue weighted by Crippen LogP contribution is 2.30. The maximum Gasteiger partial charge on any atom is 0.209 e. The Kier molecular flexibility index (Phi) is 4.45. The van der Waals surface area contributed by atoms with Gasteiger partial charge in [0.15, 0.2) is 5.76 Å². The summed E-state index contributed by atoms with van der Waals surface area (Å²) >= 11 is 5.95. The quantitative estimate of drug-likeness (QED) is 0.683. The van der Waals surface area contributed by atoms with Gasteiger partial charge >= 0.3 is 0 Å². The van der Waals surface area contributed by atoms with E-state index < -0.39 is 0 Å². The molecule has 0 aliphatic carbocycles. The summed E-state index contributed by atoms with van der Waals surface area (Å²) in [4.78, 5) is 6.87. The molecule has 0 unspecified atom stereocenters. The van der Waals surface area contributed by atoms with Gasteiger partial charge in [0.2, 0.25) is 5.89 Å². The molecule has 6 nitrogen and oxygen atoms in total. The van der Waals surface area contributed by atoms with Crippen LogP contribution in [0.15, 0.2) is 34.9 Å². The number of hydrogen-bond acceptors (Lipinski definition) is 5. The van der Waals surface area contributed by atoms with Crippen molar-refractivity contribution in [1.82, 2.24) is 24.6 Å². The van der Waals surface area contributed by atoms with E-state index in [1.807, 2.05) is 24.3 Å². The van der Waals surface area contributed by atoms with Gasteiger partial charge in [-0.05, 0) is 56.6 Å². The zero-order valence-electron chi connectivity index (χ0n) is 15.1. The van der Waals surface area contributed by atoms with Crippen LogP contribution >= 0.6 is 11.6 Å². The normalized spacial score (nSPS) is 18.1. The Labute approximate surface area is 163 Å². The highest BCUT2D eigenvalue weighted by Gasteiger charge is 2.28. The van der Waals surface area contributed by atoms with Crippen molar-refractivity contribution in [2.24, 2.45) is 0 Å². The molecule has 1 fully saturated rings. The number of benzene rings is 1. The Morgan fingerprint density at radius 2 is 1.89 bits per heavy atom. The Morgan fingerprint density at radius 3 is 2.70 bits per heavy atom. The van der Waals surface area contributed by atoms with Crippen LogP contribution in [0.2, 0.25) is 5.02 Å². The van der Waals surface area contributed by atoms with Crippen molar-refractivity contribution in [3.8, 4) is 11.3 Å². The van der Waals surface area contributed by atoms with Gasteiger partial charge < -0.3 is 8.98 Å². The summed E-state index contributed by atoms with van der Waals surface area (Å²) in [6.07, 6.45) is 6.30. The minimum absolute atomic E-state index is 0.523. The van der Waals surface area contributed by atoms with E-state index in [1.54, 1.807) is 6.20 Å². The lowest BCUT2D eigenvalue weighted by atomic mass is 9.96. The molecular formula is C20H22ClN5O. The number of aryl methyl sites for hydroxylation is 1. The van der Waals surface area contributed by atoms with E-state index in [2.05, 4.69) is 24.6 Å². The molecule has 4 heterocycles. The molecule has 2 aliphatic rings. The molecule has 0 amide bonds. The fourth-order valence-electron chi connectivity index (χ4n) is 4.15. The lowest BCUT2D eigenvalue weighted by Gasteiger charge is -2.30. The standard InChI is InChI=1S/C20H22ClN5O/c21-16-5-3-14(4-6-16)17-12-22-19(27-17)13-25-10-7-15(8-11-25)20-24-23-18-2-1-9-26(18)20/h3-6,12,15H,1-2,7-11,13H2. The smallest absolute Gasteiger partial charge is 0.209 e. The van der Waals surface area contributed by atoms with Gasteiger partial charge in [-0.25, -0.2) is 4.98 Å². The first-order chi connectivity index (χ1) is 13.3. The molecule has 1 saturated heterocycles. The molecule has 0 saturated carbocycles. The Morgan fingerprint density at radius 1 is 1.07 bits per heavy atom. The highest BCUT2D eigenvalue weighted by molar-refractivity contribution is 6.30. The van der Waals surface area contributed by atoms with Gasteiger partial charge in [-0.2, -0.15) is 0 Å². The van der Waals surface area contributed by atoms with Crippen LogP contribution in [-0.2, 0) is 19.5 Å². The topological polar surface area (TPSA) is 60.0 Å². The maximum atomic E-state index is 5.95. The minimum Gasteiger partial charge on any atom is -0.439 e. The van der Waals surface area contributed by atoms with E-state index in [-0.39, 0.29) is 0 Å². The number of aromatic nitrogens is 4. The van der Waals surface area contributed by atoms with Crippen molar-refractivity contribution >= 4 is 11.6 Å². The average Bonchev–Trinajstić information content (AvgIpc) is 3.40. The lowest BCUT2D eigenvalue weighted by Crippen LogP contribution is -2.33. The first-order valence-electron chi connectivity index (χ1n) is 9.61. The number of oxazole rings is 1. The van der Waals surface area contributed by atoms with Crippen molar-refractivity contribution in [1.29, 1.82) is 0 Å². The van der Waals surface area contributed by atoms with Gasteiger partial charge in [0.05, 0.1) is 12.7 Å². The van der Waals surface area contributed by atoms with Gasteiger partial charge in [-0.3, -0.25) is 4.90 Å². The lowest BCUT2D eigenvalue weighted by molar-refractivity contribution is 0.184. The van der Waals surface area contributed by atoms with Crippen LogP contribution in [-0.4, -0.2) is 37.7 Å². The number of hydrogen-bond donors (Lipinski definition) is 0. The number of fused-ring (bicyclic) bond motifs is 1. The van der Waals surface area contributed by atoms with Crippen molar-refractivity contribution in [2.45, 2.75) is 44.7 Å². The zero-order valence-corrected chi connectivity index (χ0v) is 15.9. The van der Waals surface area contributed by atoms with Crippen LogP contribution in [0, 0.1) is 0 Å². The van der Waals surface area contributed by atoms with Crippen molar-refractivity contribution in [2.75, 3.05) is 13.1 Å². The molecule has 0 atom stereocenters. The summed E-state index contributed by atoms with van der Waals surface area (Å²) < 4.78 is 8.29. The minimum atomic E-state index is 0.523. The number of halogens is 1. The summed E-state index contributed by atoms with van der Waals surface area (Å²) in [6, 6.07) is 7.64. The summed E-state index contributed by atoms with van der Waals surface area (Å²) in [6.45, 7) is 3.90. The van der Waals surface area contributed by atoms with E-state index in [9.17, 15) is 0 Å². The molecule has 5 rings (SSSR count). The van der Waals surface area contributed by atoms with Crippen LogP contribution < -0.4 is 0 Å². The largest absolute Gasteiger partial charge is 0.439 e. The summed E-state index contributed by atoms with van der Waals surface area (Å²) in [5, 5.41) is 9.55. The molecule has 2 aliphatic heterocycles. The number of rotatable bonds is 4. The van der Waals surface area contributed by atoms with Gasteiger partial charge in [0, 0.05) is 29.5 Å². The van der Waals surface area contributed by atoms with E-state index in [0.717, 1.165) is 67.7 Å². The monoisotopic (exact) mass is 383 g/mol. The first kappa shape index (κ1) is 17.0. The second-order valence-electron chi connectivity index (χ2n) is 7.41. The van der Waals surface area contributed by atoms with E-state index in [1.165, 1.54) is 18.1 Å². The van der Waals surface area contributed by atoms with Gasteiger partial charge in [0.1, 0.15) is 11.6 Å². The van der Waals surface area contributed by atoms with E-state index in [0.29, 0.717) is 5.92 Å². The first-order valence-corrected chi connectivity index (χ1v) is 9.99. The average molecular weight is 384 g/mol. The second-order valence-corrected chi connectivity index (χ2v) is 7.84. The van der Waals surface area contributed by atoms with E-state index in [4.69, 9.17) is 16.0 Å². The Balaban J connectivity index is 1.20. The van der Waals surface area contributed by atoms with Gasteiger partial charge in [-0.15, -0.1) is 10.2 Å². The second kappa shape index (κ2) is 7.09. The molecule has 2 aromatic heterocycles. The molecule has 0 spiro atoms. The third-order valence-electron chi connectivity index (χ3n) is 5.63. The van der Waals surface area contributed by atoms with Crippen molar-refractivity contribution in [3.05, 3.63) is 53.0 Å². The Bertz CT molecular complexity index is 924. The molecule has 27 heavy (non-hydrogen) atoms. The van der Waals surface area contributed by atoms with Crippen LogP contribution in [0.4, 0.5) is 0 Å². The fourth-order valence-corrected chi connectivity index (χ4v) is 4.27. The zero-order chi connectivity index (χ0) is 18.2. The summed E-state index contributed by atoms with van der Waals surface area (Å²) in [5.74, 6) is 4.44. The molecule has 1 aromatic carbocycles. The number of piperidine rings is 1. The molecule has 140 valence electrons. The molecule has 0 N–H and O–H groups in total. The molecule has 7 heteroatoms. The molecular weight excluding hydrogens is 362 g/mol. The maximum absolute atomic E-state index is 5.95. The summed E-state index contributed by atoms with van der Waals surface area (Å²) in [5.41, 5.74) is 0.998. The third-order valence-corrected chi connectivity index (χ3v) is 5.88. The number of nitrogens with zero attached hydrogens (tertiary/aromatic N) is 5. The van der Waals surface area contributed by atoms with Crippen LogP contribution in [0.5, 0.6) is 0 Å². The van der Waals surface area contributed by atoms with Crippen LogP contribution in [0.3, 0.4) is 0 Å². The highest BCUT2D eigenvalue weighted by atomic mass is 35.5. The SMILES string of the molecule is Clc1ccc(-c2cnc(CN3CCC(c4nnc5n4CCC5)CC3)o2)cc1.